The van der Waals surface area contributed by atoms with Gasteiger partial charge in [0.05, 0.1) is 0 Å². The Bertz CT molecular complexity index is 38.8. The highest BCUT2D eigenvalue weighted by Crippen LogP contribution is 1.42. The molecule has 0 heterocycles. The number of hydrogen-bond donors (Lipinski definition) is 3. The van der Waals surface area contributed by atoms with Gasteiger partial charge in [-0.25, -0.2) is 4.79 Å². The van der Waals surface area contributed by atoms with E-state index in [0.717, 1.165) is 0 Å². The van der Waals surface area contributed by atoms with E-state index in [9.17, 15) is 0 Å². The second-order valence-corrected chi connectivity index (χ2v) is 0.283. The van der Waals surface area contributed by atoms with E-state index in [1.54, 1.807) is 0 Å². The highest BCUT2D eigenvalue weighted by atomic mass is 16.6. The maximum absolute atomic E-state index is 8.56. The normalized spacial score (nSPS) is 4.67. The Morgan fingerprint density at radius 3 is 1.33 bits per heavy atom. The molecule has 0 saturated heterocycles. The molecule has 0 aromatic heterocycles. The van der Waals surface area contributed by atoms with Crippen LogP contribution in [-0.4, -0.2) is 16.4 Å². The zero-order valence-corrected chi connectivity index (χ0v) is 2.71. The van der Waals surface area contributed by atoms with Gasteiger partial charge in [0.2, 0.25) is 0 Å². The molecule has 0 aliphatic rings. The molecular weight excluding hydrogens is 90.0 g/mol. The van der Waals surface area contributed by atoms with E-state index in [1.807, 2.05) is 0 Å². The van der Waals surface area contributed by atoms with Crippen LogP contribution in [0.25, 0.3) is 0 Å². The van der Waals surface area contributed by atoms with E-state index in [0.29, 0.717) is 0 Å². The molecule has 0 spiro atoms. The topological polar surface area (TPSA) is 98.5 Å². The van der Waals surface area contributed by atoms with Gasteiger partial charge in [-0.3, -0.25) is 0 Å². The van der Waals surface area contributed by atoms with Crippen LogP contribution in [-0.2, 0) is 0 Å². The summed E-state index contributed by atoms with van der Waals surface area (Å²) in [6.07, 6.45) is -1.83. The fourth-order valence-electron chi connectivity index (χ4n) is 0. The second-order valence-electron chi connectivity index (χ2n) is 0.283. The average Bonchev–Trinajstić information content (AvgIpc) is 1.41. The van der Waals surface area contributed by atoms with Crippen LogP contribution in [0.15, 0.2) is 0 Å². The average molecular weight is 93.0 g/mol. The molecule has 0 amide bonds. The van der Waals surface area contributed by atoms with Gasteiger partial charge in [0.15, 0.2) is 0 Å². The largest absolute Gasteiger partial charge is 0.503 e. The molecule has 0 fully saturated rings. The molecule has 0 bridgehead atoms. The first-order valence-corrected chi connectivity index (χ1v) is 0.855. The monoisotopic (exact) mass is 93.0 g/mol. The van der Waals surface area contributed by atoms with E-state index in [1.165, 1.54) is 0 Å². The molecule has 0 aromatic carbocycles. The smallest absolute Gasteiger partial charge is 0.450 e. The first-order valence-electron chi connectivity index (χ1n) is 0.855. The maximum atomic E-state index is 8.56. The number of hydrogen-bond acceptors (Lipinski definition) is 3. The Labute approximate surface area is 33.0 Å². The lowest BCUT2D eigenvalue weighted by Gasteiger charge is -1.60. The number of carboxylic acid groups (broad SMARTS) is 2. The van der Waals surface area contributed by atoms with E-state index in [2.05, 4.69) is 5.59 Å². The summed E-state index contributed by atoms with van der Waals surface area (Å²) in [5.41, 5.74) is 4.50. The fourth-order valence-corrected chi connectivity index (χ4v) is 0. The number of rotatable bonds is 0. The highest BCUT2D eigenvalue weighted by Gasteiger charge is 1.70. The number of carbonyl (C=O) groups is 1. The first kappa shape index (κ1) is 8.85. The van der Waals surface area contributed by atoms with Crippen molar-refractivity contribution in [3.05, 3.63) is 4.91 Å². The van der Waals surface area contributed by atoms with Crippen molar-refractivity contribution in [2.45, 2.75) is 0 Å². The van der Waals surface area contributed by atoms with E-state index < -0.39 is 6.16 Å². The van der Waals surface area contributed by atoms with Crippen molar-refractivity contribution >= 4 is 6.16 Å². The lowest BCUT2D eigenvalue weighted by molar-refractivity contribution is 0.137. The van der Waals surface area contributed by atoms with Crippen molar-refractivity contribution in [1.29, 1.82) is 5.59 Å². The summed E-state index contributed by atoms with van der Waals surface area (Å²) in [5, 5.41) is 13.9. The van der Waals surface area contributed by atoms with Crippen molar-refractivity contribution in [2.75, 3.05) is 0 Å². The summed E-state index contributed by atoms with van der Waals surface area (Å²) in [7, 11) is 0. The quantitative estimate of drug-likeness (QED) is 0.381. The molecular formula is CH3NO4. The first-order chi connectivity index (χ1) is 2.73. The molecule has 0 radical (unpaired) electrons. The summed E-state index contributed by atoms with van der Waals surface area (Å²) >= 11 is 0. The van der Waals surface area contributed by atoms with Crippen molar-refractivity contribution in [2.24, 2.45) is 0 Å². The minimum atomic E-state index is -1.83. The number of nitroso groups, excluding NO2 is 1. The predicted molar refractivity (Wildman–Crippen MR) is 16.7 cm³/mol. The Morgan fingerprint density at radius 2 is 1.33 bits per heavy atom. The summed E-state index contributed by atoms with van der Waals surface area (Å²) in [4.78, 5) is 16.1. The third kappa shape index (κ3) is 7.86. The van der Waals surface area contributed by atoms with Crippen LogP contribution in [0.5, 0.6) is 0 Å². The van der Waals surface area contributed by atoms with Gasteiger partial charge in [0, 0.05) is 0 Å². The van der Waals surface area contributed by atoms with Gasteiger partial charge < -0.3 is 10.2 Å². The fraction of sp³-hybridized carbons (Fsp3) is 0. The third-order valence-corrected chi connectivity index (χ3v) is 0. The predicted octanol–water partition coefficient (Wildman–Crippen LogP) is 0.554. The minimum Gasteiger partial charge on any atom is -0.450 e. The molecule has 0 unspecified atom stereocenters. The Hall–Kier alpha value is -1.13. The lowest BCUT2D eigenvalue weighted by atomic mass is 11.5. The molecule has 5 nitrogen and oxygen atoms in total. The molecule has 0 rings (SSSR count). The molecule has 5 heteroatoms. The van der Waals surface area contributed by atoms with Gasteiger partial charge >= 0.3 is 6.16 Å². The van der Waals surface area contributed by atoms with Crippen LogP contribution in [0.4, 0.5) is 4.79 Å². The van der Waals surface area contributed by atoms with Crippen LogP contribution in [0.3, 0.4) is 0 Å². The summed E-state index contributed by atoms with van der Waals surface area (Å²) < 4.78 is 0. The summed E-state index contributed by atoms with van der Waals surface area (Å²) in [6, 6.07) is 0. The van der Waals surface area contributed by atoms with Crippen LogP contribution >= 0.6 is 0 Å². The Kier molecular flexibility index (Phi) is 13.5. The van der Waals surface area contributed by atoms with Gasteiger partial charge in [0.1, 0.15) is 0 Å². The van der Waals surface area contributed by atoms with Gasteiger partial charge in [-0.15, -0.1) is 0 Å². The molecule has 0 aromatic rings. The van der Waals surface area contributed by atoms with Crippen molar-refractivity contribution in [3.63, 3.8) is 0 Å². The molecule has 6 heavy (non-hydrogen) atoms. The van der Waals surface area contributed by atoms with Gasteiger partial charge in [-0.05, 0) is 0 Å². The van der Waals surface area contributed by atoms with Crippen molar-refractivity contribution in [1.82, 2.24) is 0 Å². The van der Waals surface area contributed by atoms with Crippen LogP contribution < -0.4 is 0 Å². The standard InChI is InChI=1S/CH2O3.HNO/c2-1(3)4;1-2/h(H2,2,3,4);1H. The van der Waals surface area contributed by atoms with Gasteiger partial charge in [-0.1, -0.05) is 5.59 Å². The zero-order chi connectivity index (χ0) is 5.58. The van der Waals surface area contributed by atoms with Crippen LogP contribution in [0, 0.1) is 10.5 Å². The molecule has 36 valence electrons. The van der Waals surface area contributed by atoms with Crippen molar-refractivity contribution in [3.8, 4) is 0 Å². The van der Waals surface area contributed by atoms with Gasteiger partial charge in [0.25, 0.3) is 0 Å². The SMILES string of the molecule is N=O.O=C(O)O. The van der Waals surface area contributed by atoms with Crippen LogP contribution in [0.1, 0.15) is 0 Å². The molecule has 3 N–H and O–H groups in total. The lowest BCUT2D eigenvalue weighted by Crippen LogP contribution is -1.81. The van der Waals surface area contributed by atoms with E-state index >= 15 is 0 Å². The number of nitrogens with one attached hydrogen (secondary N) is 1. The zero-order valence-electron chi connectivity index (χ0n) is 2.71. The molecule has 0 aliphatic carbocycles. The Morgan fingerprint density at radius 1 is 1.33 bits per heavy atom. The summed E-state index contributed by atoms with van der Waals surface area (Å²) in [6.45, 7) is 0. The molecule has 0 saturated carbocycles. The summed E-state index contributed by atoms with van der Waals surface area (Å²) in [5.74, 6) is 0. The molecule has 0 atom stereocenters. The van der Waals surface area contributed by atoms with E-state index in [-0.39, 0.29) is 0 Å². The molecule has 0 aliphatic heterocycles. The van der Waals surface area contributed by atoms with Gasteiger partial charge in [-0.2, -0.15) is 4.91 Å². The van der Waals surface area contributed by atoms with Crippen LogP contribution in [0.2, 0.25) is 0 Å². The Balaban J connectivity index is 0. The maximum Gasteiger partial charge on any atom is 0.503 e. The van der Waals surface area contributed by atoms with E-state index in [4.69, 9.17) is 19.9 Å². The van der Waals surface area contributed by atoms with Crippen molar-refractivity contribution < 1.29 is 15.0 Å². The minimum absolute atomic E-state index is 1.83. The second kappa shape index (κ2) is 9.12. The highest BCUT2D eigenvalue weighted by molar-refractivity contribution is 5.53. The third-order valence-electron chi connectivity index (χ3n) is 0.